The van der Waals surface area contributed by atoms with Crippen LogP contribution >= 0.6 is 7.82 Å². The van der Waals surface area contributed by atoms with Crippen LogP contribution in [0.2, 0.25) is 0 Å². The Hall–Kier alpha value is -2.30. The predicted molar refractivity (Wildman–Crippen MR) is 254 cm³/mol. The number of carboxylic acids is 1. The number of phosphoric acid groups is 1. The van der Waals surface area contributed by atoms with Gasteiger partial charge in [-0.05, 0) is 44.9 Å². The zero-order valence-electron chi connectivity index (χ0n) is 39.4. The smallest absolute Gasteiger partial charge is 0.472 e. The van der Waals surface area contributed by atoms with Crippen molar-refractivity contribution in [3.05, 3.63) is 36.5 Å². The molecule has 0 aromatic heterocycles. The number of esters is 1. The van der Waals surface area contributed by atoms with Crippen LogP contribution < -0.4 is 5.32 Å². The fourth-order valence-electron chi connectivity index (χ4n) is 7.10. The molecule has 1 amide bonds. The molecule has 362 valence electrons. The summed E-state index contributed by atoms with van der Waals surface area (Å²) >= 11 is 0. The summed E-state index contributed by atoms with van der Waals surface area (Å²) in [6.07, 6.45) is 50.4. The van der Waals surface area contributed by atoms with Crippen LogP contribution in [0.15, 0.2) is 36.5 Å². The lowest BCUT2D eigenvalue weighted by molar-refractivity contribution is -0.147. The van der Waals surface area contributed by atoms with E-state index in [1.165, 1.54) is 122 Å². The molecule has 0 aliphatic heterocycles. The Bertz CT molecular complexity index is 1190. The summed E-state index contributed by atoms with van der Waals surface area (Å²) in [4.78, 5) is 46.0. The van der Waals surface area contributed by atoms with Crippen molar-refractivity contribution in [1.29, 1.82) is 0 Å². The van der Waals surface area contributed by atoms with Crippen molar-refractivity contribution < 1.29 is 47.8 Å². The summed E-state index contributed by atoms with van der Waals surface area (Å²) in [7, 11) is -4.76. The highest BCUT2D eigenvalue weighted by atomic mass is 31.2. The summed E-state index contributed by atoms with van der Waals surface area (Å²) in [5, 5.41) is 21.9. The lowest BCUT2D eigenvalue weighted by Crippen LogP contribution is -2.43. The fourth-order valence-corrected chi connectivity index (χ4v) is 7.87. The van der Waals surface area contributed by atoms with Gasteiger partial charge in [-0.1, -0.05) is 211 Å². The maximum absolute atomic E-state index is 12.3. The SMILES string of the molecule is CC/C=C\C/C=C\C/C=C\CCCCCCCC(=O)NC(COP(=O)(O)OCC(O)COC(=O)CCCCCCCCCCCCCCCCCCCCCCCCC)C(=O)O. The predicted octanol–water partition coefficient (Wildman–Crippen LogP) is 13.6. The van der Waals surface area contributed by atoms with Crippen molar-refractivity contribution in [3.63, 3.8) is 0 Å². The molecule has 0 radical (unpaired) electrons. The number of carbonyl (C=O) groups excluding carboxylic acids is 2. The van der Waals surface area contributed by atoms with E-state index < -0.39 is 57.6 Å². The maximum Gasteiger partial charge on any atom is 0.472 e. The minimum Gasteiger partial charge on any atom is -0.480 e. The maximum atomic E-state index is 12.3. The first-order valence-electron chi connectivity index (χ1n) is 25.0. The Kier molecular flexibility index (Phi) is 43.6. The van der Waals surface area contributed by atoms with E-state index in [9.17, 15) is 34.1 Å². The van der Waals surface area contributed by atoms with Gasteiger partial charge in [0.15, 0.2) is 6.04 Å². The third kappa shape index (κ3) is 44.3. The van der Waals surface area contributed by atoms with E-state index in [4.69, 9.17) is 13.8 Å². The van der Waals surface area contributed by atoms with E-state index in [1.807, 2.05) is 0 Å². The first kappa shape index (κ1) is 59.7. The van der Waals surface area contributed by atoms with Crippen molar-refractivity contribution >= 4 is 25.7 Å². The second-order valence-electron chi connectivity index (χ2n) is 17.0. The van der Waals surface area contributed by atoms with Crippen molar-refractivity contribution in [3.8, 4) is 0 Å². The number of unbranched alkanes of at least 4 members (excludes halogenated alkanes) is 27. The molecule has 0 spiro atoms. The van der Waals surface area contributed by atoms with Crippen LogP contribution in [0.3, 0.4) is 0 Å². The molecule has 0 aliphatic carbocycles. The third-order valence-corrected chi connectivity index (χ3v) is 11.9. The number of phosphoric ester groups is 1. The molecule has 12 heteroatoms. The van der Waals surface area contributed by atoms with Gasteiger partial charge in [-0.2, -0.15) is 0 Å². The van der Waals surface area contributed by atoms with Crippen LogP contribution in [-0.4, -0.2) is 64.9 Å². The van der Waals surface area contributed by atoms with Crippen LogP contribution in [0.5, 0.6) is 0 Å². The second kappa shape index (κ2) is 45.3. The topological polar surface area (TPSA) is 169 Å². The largest absolute Gasteiger partial charge is 0.480 e. The van der Waals surface area contributed by atoms with Crippen molar-refractivity contribution in [1.82, 2.24) is 5.32 Å². The van der Waals surface area contributed by atoms with Crippen LogP contribution in [0.25, 0.3) is 0 Å². The van der Waals surface area contributed by atoms with E-state index in [2.05, 4.69) is 55.6 Å². The minimum absolute atomic E-state index is 0.126. The minimum atomic E-state index is -4.76. The van der Waals surface area contributed by atoms with Gasteiger partial charge in [0.25, 0.3) is 0 Å². The number of aliphatic hydroxyl groups is 1. The van der Waals surface area contributed by atoms with Gasteiger partial charge in [-0.25, -0.2) is 9.36 Å². The van der Waals surface area contributed by atoms with E-state index in [-0.39, 0.29) is 12.8 Å². The molecular weight excluding hydrogens is 806 g/mol. The number of allylic oxidation sites excluding steroid dienone is 6. The van der Waals surface area contributed by atoms with Crippen LogP contribution in [-0.2, 0) is 32.7 Å². The normalized spacial score (nSPS) is 13.9. The average molecular weight is 898 g/mol. The number of rotatable bonds is 47. The van der Waals surface area contributed by atoms with E-state index in [0.717, 1.165) is 70.6 Å². The van der Waals surface area contributed by atoms with Crippen LogP contribution in [0, 0.1) is 0 Å². The molecule has 0 aliphatic rings. The lowest BCUT2D eigenvalue weighted by atomic mass is 10.0. The first-order chi connectivity index (χ1) is 30.1. The van der Waals surface area contributed by atoms with E-state index in [0.29, 0.717) is 12.8 Å². The molecule has 0 bridgehead atoms. The standard InChI is InChI=1S/C50H92NO10P/c1-3-5-7-9-11-13-15-17-19-20-21-22-23-24-25-26-28-30-32-34-36-38-40-42-49(54)59-43-46(52)44-60-62(57,58)61-45-47(50(55)56)51-48(53)41-39-37-35-33-31-29-27-18-16-14-12-10-8-6-4-2/h6,8,12,14,18,27,46-47,52H,3-5,7,9-11,13,15-17,19-26,28-45H2,1-2H3,(H,51,53)(H,55,56)(H,57,58)/b8-6-,14-12-,27-18-. The zero-order chi connectivity index (χ0) is 45.6. The summed E-state index contributed by atoms with van der Waals surface area (Å²) in [5.74, 6) is -2.39. The van der Waals surface area contributed by atoms with Gasteiger partial charge in [0.2, 0.25) is 5.91 Å². The Morgan fingerprint density at radius 1 is 0.532 bits per heavy atom. The zero-order valence-corrected chi connectivity index (χ0v) is 40.3. The number of nitrogens with one attached hydrogen (secondary N) is 1. The molecule has 11 nitrogen and oxygen atoms in total. The highest BCUT2D eigenvalue weighted by Crippen LogP contribution is 2.43. The lowest BCUT2D eigenvalue weighted by Gasteiger charge is -2.18. The molecule has 62 heavy (non-hydrogen) atoms. The molecule has 0 heterocycles. The number of ether oxygens (including phenoxy) is 1. The summed E-state index contributed by atoms with van der Waals surface area (Å²) in [6, 6.07) is -1.56. The highest BCUT2D eigenvalue weighted by Gasteiger charge is 2.28. The quantitative estimate of drug-likeness (QED) is 0.0200. The third-order valence-electron chi connectivity index (χ3n) is 10.9. The van der Waals surface area contributed by atoms with Gasteiger partial charge >= 0.3 is 19.8 Å². The number of amides is 1. The molecule has 4 N–H and O–H groups in total. The number of carbonyl (C=O) groups is 3. The Morgan fingerprint density at radius 3 is 1.40 bits per heavy atom. The molecule has 0 saturated carbocycles. The molecule has 0 rings (SSSR count). The van der Waals surface area contributed by atoms with Crippen molar-refractivity contribution in [2.75, 3.05) is 19.8 Å². The molecular formula is C50H92NO10P. The Morgan fingerprint density at radius 2 is 0.935 bits per heavy atom. The molecule has 3 atom stereocenters. The summed E-state index contributed by atoms with van der Waals surface area (Å²) < 4.78 is 26.9. The summed E-state index contributed by atoms with van der Waals surface area (Å²) in [6.45, 7) is 2.50. The molecule has 0 fully saturated rings. The number of carboxylic acid groups (broad SMARTS) is 1. The number of hydrogen-bond donors (Lipinski definition) is 4. The second-order valence-corrected chi connectivity index (χ2v) is 18.4. The highest BCUT2D eigenvalue weighted by molar-refractivity contribution is 7.47. The van der Waals surface area contributed by atoms with Crippen molar-refractivity contribution in [2.45, 2.75) is 244 Å². The number of aliphatic hydroxyl groups excluding tert-OH is 1. The van der Waals surface area contributed by atoms with Crippen LogP contribution in [0.1, 0.15) is 232 Å². The Labute approximate surface area is 378 Å². The van der Waals surface area contributed by atoms with Gasteiger partial charge in [0, 0.05) is 12.8 Å². The van der Waals surface area contributed by atoms with Gasteiger partial charge in [0.1, 0.15) is 12.7 Å². The van der Waals surface area contributed by atoms with Crippen molar-refractivity contribution in [2.24, 2.45) is 0 Å². The number of hydrogen-bond acceptors (Lipinski definition) is 8. The average Bonchev–Trinajstić information content (AvgIpc) is 3.25. The first-order valence-corrected chi connectivity index (χ1v) is 26.5. The monoisotopic (exact) mass is 898 g/mol. The Balaban J connectivity index is 3.79. The molecule has 0 aromatic rings. The summed E-state index contributed by atoms with van der Waals surface area (Å²) in [5.41, 5.74) is 0. The number of aliphatic carboxylic acids is 1. The van der Waals surface area contributed by atoms with E-state index >= 15 is 0 Å². The van der Waals surface area contributed by atoms with Gasteiger partial charge in [-0.15, -0.1) is 0 Å². The van der Waals surface area contributed by atoms with Crippen LogP contribution in [0.4, 0.5) is 0 Å². The molecule has 0 saturated heterocycles. The van der Waals surface area contributed by atoms with Gasteiger partial charge in [-0.3, -0.25) is 18.6 Å². The van der Waals surface area contributed by atoms with Gasteiger partial charge in [0.05, 0.1) is 13.2 Å². The van der Waals surface area contributed by atoms with E-state index in [1.54, 1.807) is 0 Å². The fraction of sp³-hybridized carbons (Fsp3) is 0.820. The molecule has 0 aromatic carbocycles. The van der Waals surface area contributed by atoms with Gasteiger partial charge < -0.3 is 25.2 Å². The molecule has 3 unspecified atom stereocenters.